The van der Waals surface area contributed by atoms with Crippen LogP contribution in [-0.4, -0.2) is 34.1 Å². The molecule has 1 aromatic heterocycles. The van der Waals surface area contributed by atoms with E-state index in [9.17, 15) is 4.79 Å². The molecule has 0 bridgehead atoms. The van der Waals surface area contributed by atoms with Crippen molar-refractivity contribution < 1.29 is 4.79 Å². The minimum absolute atomic E-state index is 0.0330. The normalized spacial score (nSPS) is 16.9. The fourth-order valence-electron chi connectivity index (χ4n) is 1.89. The van der Waals surface area contributed by atoms with Crippen molar-refractivity contribution in [3.8, 4) is 0 Å². The lowest BCUT2D eigenvalue weighted by Gasteiger charge is -2.19. The highest BCUT2D eigenvalue weighted by Crippen LogP contribution is 2.12. The number of amides is 1. The van der Waals surface area contributed by atoms with E-state index in [0.29, 0.717) is 11.5 Å². The zero-order valence-electron chi connectivity index (χ0n) is 9.22. The number of hydrogen-bond donors (Lipinski definition) is 1. The lowest BCUT2D eigenvalue weighted by Crippen LogP contribution is -2.32. The molecule has 0 aromatic carbocycles. The van der Waals surface area contributed by atoms with E-state index >= 15 is 0 Å². The Bertz CT molecular complexity index is 355. The molecular weight excluding hydrogens is 204 g/mol. The molecule has 1 aliphatic rings. The molecule has 0 radical (unpaired) electrons. The van der Waals surface area contributed by atoms with E-state index in [0.717, 1.165) is 25.9 Å². The summed E-state index contributed by atoms with van der Waals surface area (Å²) in [5.74, 6) is 0.307. The average molecular weight is 220 g/mol. The fourth-order valence-corrected chi connectivity index (χ4v) is 1.89. The van der Waals surface area contributed by atoms with Crippen LogP contribution in [0.5, 0.6) is 0 Å². The summed E-state index contributed by atoms with van der Waals surface area (Å²) in [6.45, 7) is 1.65. The third-order valence-electron chi connectivity index (χ3n) is 2.80. The largest absolute Gasteiger partial charge is 0.382 e. The highest BCUT2D eigenvalue weighted by Gasteiger charge is 2.18. The molecule has 5 nitrogen and oxygen atoms in total. The number of aromatic nitrogens is 2. The molecule has 1 aromatic rings. The predicted molar refractivity (Wildman–Crippen MR) is 60.8 cm³/mol. The number of hydrogen-bond acceptors (Lipinski definition) is 4. The number of nitrogen functional groups attached to an aromatic ring is 1. The molecule has 1 amide bonds. The van der Waals surface area contributed by atoms with Gasteiger partial charge in [-0.1, -0.05) is 12.8 Å². The standard InChI is InChI=1S/C11H16N4O/c12-10-6-5-9(13-14-10)11(16)15-7-3-1-2-4-8-15/h5-6H,1-4,7-8H2,(H2,12,14). The number of nitrogens with zero attached hydrogens (tertiary/aromatic N) is 3. The van der Waals surface area contributed by atoms with Crippen molar-refractivity contribution in [2.24, 2.45) is 0 Å². The Kier molecular flexibility index (Phi) is 3.34. The van der Waals surface area contributed by atoms with Crippen LogP contribution in [-0.2, 0) is 0 Å². The minimum atomic E-state index is -0.0330. The van der Waals surface area contributed by atoms with Crippen LogP contribution in [0.2, 0.25) is 0 Å². The Morgan fingerprint density at radius 1 is 1.12 bits per heavy atom. The van der Waals surface area contributed by atoms with Gasteiger partial charge >= 0.3 is 0 Å². The second-order valence-corrected chi connectivity index (χ2v) is 4.05. The van der Waals surface area contributed by atoms with Gasteiger partial charge in [-0.15, -0.1) is 10.2 Å². The summed E-state index contributed by atoms with van der Waals surface area (Å²) in [6, 6.07) is 3.24. The van der Waals surface area contributed by atoms with Gasteiger partial charge in [-0.05, 0) is 25.0 Å². The first-order valence-corrected chi connectivity index (χ1v) is 5.66. The van der Waals surface area contributed by atoms with Gasteiger partial charge < -0.3 is 10.6 Å². The van der Waals surface area contributed by atoms with Crippen molar-refractivity contribution in [1.82, 2.24) is 15.1 Å². The highest BCUT2D eigenvalue weighted by atomic mass is 16.2. The zero-order valence-corrected chi connectivity index (χ0v) is 9.22. The van der Waals surface area contributed by atoms with Crippen molar-refractivity contribution in [3.63, 3.8) is 0 Å². The molecule has 16 heavy (non-hydrogen) atoms. The molecule has 2 heterocycles. The summed E-state index contributed by atoms with van der Waals surface area (Å²) in [5.41, 5.74) is 5.82. The third-order valence-corrected chi connectivity index (χ3v) is 2.80. The third kappa shape index (κ3) is 2.48. The van der Waals surface area contributed by atoms with E-state index in [-0.39, 0.29) is 5.91 Å². The number of anilines is 1. The second-order valence-electron chi connectivity index (χ2n) is 4.05. The smallest absolute Gasteiger partial charge is 0.274 e. The maximum absolute atomic E-state index is 12.0. The topological polar surface area (TPSA) is 72.1 Å². The molecule has 0 saturated carbocycles. The molecule has 86 valence electrons. The highest BCUT2D eigenvalue weighted by molar-refractivity contribution is 5.92. The van der Waals surface area contributed by atoms with Crippen LogP contribution in [0, 0.1) is 0 Å². The molecule has 0 spiro atoms. The van der Waals surface area contributed by atoms with Gasteiger partial charge in [0.15, 0.2) is 5.69 Å². The van der Waals surface area contributed by atoms with Gasteiger partial charge in [-0.25, -0.2) is 0 Å². The number of likely N-dealkylation sites (tertiary alicyclic amines) is 1. The molecule has 1 fully saturated rings. The summed E-state index contributed by atoms with van der Waals surface area (Å²) < 4.78 is 0. The Morgan fingerprint density at radius 2 is 1.81 bits per heavy atom. The van der Waals surface area contributed by atoms with E-state index in [1.54, 1.807) is 12.1 Å². The lowest BCUT2D eigenvalue weighted by molar-refractivity contribution is 0.0754. The Labute approximate surface area is 94.6 Å². The molecule has 2 N–H and O–H groups in total. The summed E-state index contributed by atoms with van der Waals surface area (Å²) in [7, 11) is 0. The second kappa shape index (κ2) is 4.92. The molecular formula is C11H16N4O. The summed E-state index contributed by atoms with van der Waals surface area (Å²) >= 11 is 0. The lowest BCUT2D eigenvalue weighted by atomic mass is 10.2. The van der Waals surface area contributed by atoms with E-state index < -0.39 is 0 Å². The zero-order chi connectivity index (χ0) is 11.4. The predicted octanol–water partition coefficient (Wildman–Crippen LogP) is 1.07. The Hall–Kier alpha value is -1.65. The first kappa shape index (κ1) is 10.9. The number of carbonyl (C=O) groups is 1. The van der Waals surface area contributed by atoms with Crippen LogP contribution in [0.3, 0.4) is 0 Å². The molecule has 1 aliphatic heterocycles. The Balaban J connectivity index is 2.08. The van der Waals surface area contributed by atoms with Gasteiger partial charge in [0.05, 0.1) is 0 Å². The summed E-state index contributed by atoms with van der Waals surface area (Å²) in [6.07, 6.45) is 4.57. The first-order chi connectivity index (χ1) is 7.77. The van der Waals surface area contributed by atoms with E-state index in [2.05, 4.69) is 10.2 Å². The van der Waals surface area contributed by atoms with E-state index in [4.69, 9.17) is 5.73 Å². The summed E-state index contributed by atoms with van der Waals surface area (Å²) in [4.78, 5) is 13.9. The van der Waals surface area contributed by atoms with Crippen molar-refractivity contribution in [2.75, 3.05) is 18.8 Å². The molecule has 0 unspecified atom stereocenters. The van der Waals surface area contributed by atoms with Gasteiger partial charge in [0.25, 0.3) is 5.91 Å². The van der Waals surface area contributed by atoms with Crippen LogP contribution in [0.4, 0.5) is 5.82 Å². The van der Waals surface area contributed by atoms with Crippen molar-refractivity contribution in [3.05, 3.63) is 17.8 Å². The SMILES string of the molecule is Nc1ccc(C(=O)N2CCCCCC2)nn1. The quantitative estimate of drug-likeness (QED) is 0.768. The maximum Gasteiger partial charge on any atom is 0.274 e. The van der Waals surface area contributed by atoms with Gasteiger partial charge in [-0.3, -0.25) is 4.79 Å². The van der Waals surface area contributed by atoms with Gasteiger partial charge in [0.1, 0.15) is 5.82 Å². The van der Waals surface area contributed by atoms with Crippen LogP contribution >= 0.6 is 0 Å². The van der Waals surface area contributed by atoms with Crippen LogP contribution < -0.4 is 5.73 Å². The number of rotatable bonds is 1. The summed E-state index contributed by atoms with van der Waals surface area (Å²) in [5, 5.41) is 7.52. The van der Waals surface area contributed by atoms with Gasteiger partial charge in [0, 0.05) is 13.1 Å². The molecule has 5 heteroatoms. The van der Waals surface area contributed by atoms with Gasteiger partial charge in [0.2, 0.25) is 0 Å². The molecule has 0 atom stereocenters. The maximum atomic E-state index is 12.0. The van der Waals surface area contributed by atoms with Crippen molar-refractivity contribution in [2.45, 2.75) is 25.7 Å². The van der Waals surface area contributed by atoms with Crippen LogP contribution in [0.15, 0.2) is 12.1 Å². The van der Waals surface area contributed by atoms with Crippen molar-refractivity contribution in [1.29, 1.82) is 0 Å². The molecule has 2 rings (SSSR count). The number of nitrogens with two attached hydrogens (primary N) is 1. The van der Waals surface area contributed by atoms with Crippen LogP contribution in [0.1, 0.15) is 36.2 Å². The van der Waals surface area contributed by atoms with E-state index in [1.807, 2.05) is 4.90 Å². The van der Waals surface area contributed by atoms with Gasteiger partial charge in [-0.2, -0.15) is 0 Å². The molecule has 1 saturated heterocycles. The fraction of sp³-hybridized carbons (Fsp3) is 0.545. The monoisotopic (exact) mass is 220 g/mol. The average Bonchev–Trinajstić information content (AvgIpc) is 2.57. The number of carbonyl (C=O) groups excluding carboxylic acids is 1. The first-order valence-electron chi connectivity index (χ1n) is 5.66. The van der Waals surface area contributed by atoms with Crippen molar-refractivity contribution >= 4 is 11.7 Å². The van der Waals surface area contributed by atoms with E-state index in [1.165, 1.54) is 12.8 Å². The molecule has 0 aliphatic carbocycles. The van der Waals surface area contributed by atoms with Crippen LogP contribution in [0.25, 0.3) is 0 Å². The Morgan fingerprint density at radius 3 is 2.38 bits per heavy atom. The minimum Gasteiger partial charge on any atom is -0.382 e.